The van der Waals surface area contributed by atoms with Gasteiger partial charge in [-0.05, 0) is 19.6 Å². The SMILES string of the molecule is CCc1c(Cl)ncnc1N(C)C(C)CSC. The van der Waals surface area contributed by atoms with Gasteiger partial charge in [-0.15, -0.1) is 0 Å². The quantitative estimate of drug-likeness (QED) is 0.761. The molecule has 0 radical (unpaired) electrons. The molecule has 0 bridgehead atoms. The fourth-order valence-corrected chi connectivity index (χ4v) is 2.52. The van der Waals surface area contributed by atoms with E-state index in [-0.39, 0.29) is 0 Å². The van der Waals surface area contributed by atoms with Crippen molar-refractivity contribution in [1.82, 2.24) is 9.97 Å². The van der Waals surface area contributed by atoms with Crippen LogP contribution in [-0.2, 0) is 6.42 Å². The number of halogens is 1. The van der Waals surface area contributed by atoms with E-state index in [9.17, 15) is 0 Å². The lowest BCUT2D eigenvalue weighted by atomic mass is 10.2. The van der Waals surface area contributed by atoms with Crippen molar-refractivity contribution < 1.29 is 0 Å². The number of hydrogen-bond donors (Lipinski definition) is 0. The van der Waals surface area contributed by atoms with E-state index in [4.69, 9.17) is 11.6 Å². The molecule has 0 saturated carbocycles. The smallest absolute Gasteiger partial charge is 0.137 e. The molecule has 0 N–H and O–H groups in total. The molecule has 1 aromatic heterocycles. The monoisotopic (exact) mass is 259 g/mol. The average molecular weight is 260 g/mol. The van der Waals surface area contributed by atoms with Crippen molar-refractivity contribution in [1.29, 1.82) is 0 Å². The Labute approximate surface area is 107 Å². The van der Waals surface area contributed by atoms with E-state index in [0.717, 1.165) is 23.6 Å². The van der Waals surface area contributed by atoms with Crippen LogP contribution >= 0.6 is 23.4 Å². The lowest BCUT2D eigenvalue weighted by Gasteiger charge is -2.27. The Morgan fingerprint density at radius 3 is 2.75 bits per heavy atom. The Morgan fingerprint density at radius 1 is 1.50 bits per heavy atom. The number of thioether (sulfide) groups is 1. The van der Waals surface area contributed by atoms with Crippen LogP contribution in [-0.4, -0.2) is 35.1 Å². The summed E-state index contributed by atoms with van der Waals surface area (Å²) in [7, 11) is 2.05. The van der Waals surface area contributed by atoms with Crippen molar-refractivity contribution in [2.75, 3.05) is 24.0 Å². The van der Waals surface area contributed by atoms with Crippen LogP contribution in [0.2, 0.25) is 5.15 Å². The Bertz CT molecular complexity index is 346. The van der Waals surface area contributed by atoms with E-state index in [0.29, 0.717) is 11.2 Å². The molecule has 0 saturated heterocycles. The summed E-state index contributed by atoms with van der Waals surface area (Å²) < 4.78 is 0. The molecule has 3 nitrogen and oxygen atoms in total. The van der Waals surface area contributed by atoms with Crippen molar-refractivity contribution in [3.8, 4) is 0 Å². The van der Waals surface area contributed by atoms with Gasteiger partial charge in [-0.3, -0.25) is 0 Å². The fraction of sp³-hybridized carbons (Fsp3) is 0.636. The Kier molecular flexibility index (Phi) is 5.35. The van der Waals surface area contributed by atoms with Gasteiger partial charge in [-0.1, -0.05) is 18.5 Å². The number of aromatic nitrogens is 2. The van der Waals surface area contributed by atoms with Gasteiger partial charge in [0.1, 0.15) is 17.3 Å². The summed E-state index contributed by atoms with van der Waals surface area (Å²) in [6.45, 7) is 4.26. The van der Waals surface area contributed by atoms with Crippen LogP contribution in [0.4, 0.5) is 5.82 Å². The highest BCUT2D eigenvalue weighted by molar-refractivity contribution is 7.98. The second-order valence-corrected chi connectivity index (χ2v) is 5.00. The van der Waals surface area contributed by atoms with Gasteiger partial charge in [0.15, 0.2) is 0 Å². The molecule has 0 aliphatic heterocycles. The van der Waals surface area contributed by atoms with Gasteiger partial charge in [0.2, 0.25) is 0 Å². The summed E-state index contributed by atoms with van der Waals surface area (Å²) in [5.74, 6) is 2.02. The van der Waals surface area contributed by atoms with E-state index in [1.807, 2.05) is 11.8 Å². The van der Waals surface area contributed by atoms with E-state index >= 15 is 0 Å². The number of anilines is 1. The maximum atomic E-state index is 6.07. The third-order valence-corrected chi connectivity index (χ3v) is 3.77. The van der Waals surface area contributed by atoms with Crippen LogP contribution in [0.5, 0.6) is 0 Å². The first-order chi connectivity index (χ1) is 7.61. The molecule has 1 aromatic rings. The minimum Gasteiger partial charge on any atom is -0.356 e. The second kappa shape index (κ2) is 6.30. The summed E-state index contributed by atoms with van der Waals surface area (Å²) >= 11 is 7.90. The first kappa shape index (κ1) is 13.6. The molecular formula is C11H18ClN3S. The molecule has 0 aliphatic rings. The van der Waals surface area contributed by atoms with Crippen molar-refractivity contribution in [3.63, 3.8) is 0 Å². The van der Waals surface area contributed by atoms with E-state index in [2.05, 4.69) is 42.0 Å². The van der Waals surface area contributed by atoms with Gasteiger partial charge < -0.3 is 4.90 Å². The van der Waals surface area contributed by atoms with E-state index in [1.165, 1.54) is 6.33 Å². The van der Waals surface area contributed by atoms with E-state index in [1.54, 1.807) is 0 Å². The molecule has 1 heterocycles. The molecule has 0 spiro atoms. The average Bonchev–Trinajstić information content (AvgIpc) is 2.28. The molecule has 1 unspecified atom stereocenters. The predicted octanol–water partition coefficient (Wildman–Crippen LogP) is 2.88. The second-order valence-electron chi connectivity index (χ2n) is 3.74. The van der Waals surface area contributed by atoms with Crippen LogP contribution in [0, 0.1) is 0 Å². The van der Waals surface area contributed by atoms with Gasteiger partial charge >= 0.3 is 0 Å². The molecule has 1 atom stereocenters. The third-order valence-electron chi connectivity index (χ3n) is 2.63. The van der Waals surface area contributed by atoms with Crippen molar-refractivity contribution in [3.05, 3.63) is 17.0 Å². The highest BCUT2D eigenvalue weighted by atomic mass is 35.5. The summed E-state index contributed by atoms with van der Waals surface area (Å²) in [5, 5.41) is 0.565. The minimum atomic E-state index is 0.436. The summed E-state index contributed by atoms with van der Waals surface area (Å²) in [6, 6.07) is 0.436. The number of nitrogens with zero attached hydrogens (tertiary/aromatic N) is 3. The largest absolute Gasteiger partial charge is 0.356 e. The maximum absolute atomic E-state index is 6.07. The zero-order valence-corrected chi connectivity index (χ0v) is 11.8. The van der Waals surface area contributed by atoms with Gasteiger partial charge in [0, 0.05) is 24.4 Å². The summed E-state index contributed by atoms with van der Waals surface area (Å²) in [5.41, 5.74) is 1.03. The molecule has 0 aliphatic carbocycles. The standard InChI is InChI=1S/C11H18ClN3S/c1-5-9-10(12)13-7-14-11(9)15(3)8(2)6-16-4/h7-8H,5-6H2,1-4H3. The van der Waals surface area contributed by atoms with Gasteiger partial charge in [-0.2, -0.15) is 11.8 Å². The van der Waals surface area contributed by atoms with Crippen LogP contribution in [0.25, 0.3) is 0 Å². The topological polar surface area (TPSA) is 29.0 Å². The Hall–Kier alpha value is -0.480. The zero-order valence-electron chi connectivity index (χ0n) is 10.2. The Morgan fingerprint density at radius 2 is 2.19 bits per heavy atom. The first-order valence-electron chi connectivity index (χ1n) is 5.32. The molecule has 5 heteroatoms. The van der Waals surface area contributed by atoms with Gasteiger partial charge in [0.25, 0.3) is 0 Å². The van der Waals surface area contributed by atoms with Crippen molar-refractivity contribution >= 4 is 29.2 Å². The number of rotatable bonds is 5. The molecular weight excluding hydrogens is 242 g/mol. The first-order valence-corrected chi connectivity index (χ1v) is 7.10. The van der Waals surface area contributed by atoms with Crippen LogP contribution < -0.4 is 4.90 Å². The summed E-state index contributed by atoms with van der Waals surface area (Å²) in [4.78, 5) is 10.5. The summed E-state index contributed by atoms with van der Waals surface area (Å²) in [6.07, 6.45) is 4.49. The molecule has 0 amide bonds. The molecule has 90 valence electrons. The van der Waals surface area contributed by atoms with Crippen LogP contribution in [0.15, 0.2) is 6.33 Å². The van der Waals surface area contributed by atoms with Crippen molar-refractivity contribution in [2.45, 2.75) is 26.3 Å². The highest BCUT2D eigenvalue weighted by Crippen LogP contribution is 2.24. The lowest BCUT2D eigenvalue weighted by Crippen LogP contribution is -2.32. The zero-order chi connectivity index (χ0) is 12.1. The minimum absolute atomic E-state index is 0.436. The van der Waals surface area contributed by atoms with Gasteiger partial charge in [0.05, 0.1) is 0 Å². The molecule has 0 fully saturated rings. The van der Waals surface area contributed by atoms with Crippen LogP contribution in [0.3, 0.4) is 0 Å². The molecule has 1 rings (SSSR count). The normalized spacial score (nSPS) is 12.6. The third kappa shape index (κ3) is 3.01. The number of hydrogen-bond acceptors (Lipinski definition) is 4. The highest BCUT2D eigenvalue weighted by Gasteiger charge is 2.16. The molecule has 0 aromatic carbocycles. The predicted molar refractivity (Wildman–Crippen MR) is 72.7 cm³/mol. The van der Waals surface area contributed by atoms with Crippen LogP contribution in [0.1, 0.15) is 19.4 Å². The van der Waals surface area contributed by atoms with Crippen molar-refractivity contribution in [2.24, 2.45) is 0 Å². The fourth-order valence-electron chi connectivity index (χ4n) is 1.55. The Balaban J connectivity index is 2.98. The van der Waals surface area contributed by atoms with Gasteiger partial charge in [-0.25, -0.2) is 9.97 Å². The lowest BCUT2D eigenvalue weighted by molar-refractivity contribution is 0.744. The van der Waals surface area contributed by atoms with E-state index < -0.39 is 0 Å². The molecule has 16 heavy (non-hydrogen) atoms. The maximum Gasteiger partial charge on any atom is 0.137 e.